The fourth-order valence-corrected chi connectivity index (χ4v) is 3.17. The molecule has 1 saturated heterocycles. The number of anilines is 1. The molecule has 2 nitrogen and oxygen atoms in total. The van der Waals surface area contributed by atoms with Crippen molar-refractivity contribution in [2.45, 2.75) is 32.7 Å². The average molecular weight is 251 g/mol. The smallest absolute Gasteiger partial charge is 0.142 e. The Morgan fingerprint density at radius 2 is 2.35 bits per heavy atom. The second-order valence-electron chi connectivity index (χ2n) is 4.49. The van der Waals surface area contributed by atoms with Crippen LogP contribution in [0.15, 0.2) is 18.2 Å². The molecule has 0 aliphatic carbocycles. The average Bonchev–Trinajstić information content (AvgIpc) is 2.34. The quantitative estimate of drug-likeness (QED) is 0.881. The summed E-state index contributed by atoms with van der Waals surface area (Å²) in [5.41, 5.74) is 2.39. The van der Waals surface area contributed by atoms with Crippen molar-refractivity contribution in [3.05, 3.63) is 23.8 Å². The lowest BCUT2D eigenvalue weighted by molar-refractivity contribution is 0.341. The lowest BCUT2D eigenvalue weighted by Crippen LogP contribution is -2.26. The van der Waals surface area contributed by atoms with Crippen molar-refractivity contribution in [1.29, 1.82) is 0 Å². The zero-order valence-corrected chi connectivity index (χ0v) is 11.5. The summed E-state index contributed by atoms with van der Waals surface area (Å²) in [6.45, 7) is 4.85. The number of nitrogens with one attached hydrogen (secondary N) is 1. The van der Waals surface area contributed by atoms with Crippen LogP contribution in [0.25, 0.3) is 0 Å². The van der Waals surface area contributed by atoms with Crippen molar-refractivity contribution in [2.75, 3.05) is 23.4 Å². The molecule has 0 spiro atoms. The molecule has 3 heteroatoms. The summed E-state index contributed by atoms with van der Waals surface area (Å²) >= 11 is 2.04. The standard InChI is InChI=1S/C14H21NOS/c1-3-16-14-9-11(2)6-7-13(14)15-12-5-4-8-17-10-12/h6-7,9,12,15H,3-5,8,10H2,1-2H3. The van der Waals surface area contributed by atoms with Gasteiger partial charge < -0.3 is 10.1 Å². The van der Waals surface area contributed by atoms with Crippen LogP contribution in [0.5, 0.6) is 5.75 Å². The lowest BCUT2D eigenvalue weighted by Gasteiger charge is -2.24. The number of ether oxygens (including phenoxy) is 1. The first-order chi connectivity index (χ1) is 8.29. The Morgan fingerprint density at radius 3 is 3.06 bits per heavy atom. The third-order valence-corrected chi connectivity index (χ3v) is 4.17. The molecule has 0 radical (unpaired) electrons. The molecule has 1 unspecified atom stereocenters. The molecular formula is C14H21NOS. The van der Waals surface area contributed by atoms with Gasteiger partial charge in [-0.3, -0.25) is 0 Å². The van der Waals surface area contributed by atoms with Gasteiger partial charge in [0, 0.05) is 11.8 Å². The Labute approximate surface area is 108 Å². The zero-order chi connectivity index (χ0) is 12.1. The van der Waals surface area contributed by atoms with Crippen LogP contribution in [-0.2, 0) is 0 Å². The number of aryl methyl sites for hydroxylation is 1. The molecule has 17 heavy (non-hydrogen) atoms. The van der Waals surface area contributed by atoms with Gasteiger partial charge >= 0.3 is 0 Å². The summed E-state index contributed by atoms with van der Waals surface area (Å²) in [7, 11) is 0. The van der Waals surface area contributed by atoms with Crippen molar-refractivity contribution in [3.8, 4) is 5.75 Å². The van der Waals surface area contributed by atoms with Crippen LogP contribution < -0.4 is 10.1 Å². The van der Waals surface area contributed by atoms with E-state index in [0.717, 1.165) is 18.0 Å². The molecule has 1 aromatic carbocycles. The van der Waals surface area contributed by atoms with Gasteiger partial charge in [-0.15, -0.1) is 0 Å². The lowest BCUT2D eigenvalue weighted by atomic mass is 10.1. The second-order valence-corrected chi connectivity index (χ2v) is 5.64. The van der Waals surface area contributed by atoms with Crippen LogP contribution >= 0.6 is 11.8 Å². The maximum atomic E-state index is 5.69. The molecule has 0 aromatic heterocycles. The topological polar surface area (TPSA) is 21.3 Å². The van der Waals surface area contributed by atoms with Crippen molar-refractivity contribution in [3.63, 3.8) is 0 Å². The molecule has 1 aliphatic heterocycles. The van der Waals surface area contributed by atoms with E-state index in [1.54, 1.807) is 0 Å². The molecule has 1 heterocycles. The van der Waals surface area contributed by atoms with Gasteiger partial charge in [0.1, 0.15) is 5.75 Å². The van der Waals surface area contributed by atoms with Gasteiger partial charge in [-0.25, -0.2) is 0 Å². The third kappa shape index (κ3) is 3.56. The third-order valence-electron chi connectivity index (χ3n) is 2.96. The summed E-state index contributed by atoms with van der Waals surface area (Å²) in [6, 6.07) is 6.98. The largest absolute Gasteiger partial charge is 0.492 e. The molecular weight excluding hydrogens is 230 g/mol. The van der Waals surface area contributed by atoms with Crippen LogP contribution in [0.1, 0.15) is 25.3 Å². The fourth-order valence-electron chi connectivity index (χ4n) is 2.10. The highest BCUT2D eigenvalue weighted by Gasteiger charge is 2.15. The van der Waals surface area contributed by atoms with Crippen molar-refractivity contribution in [2.24, 2.45) is 0 Å². The highest BCUT2D eigenvalue weighted by molar-refractivity contribution is 7.99. The minimum absolute atomic E-state index is 0.593. The summed E-state index contributed by atoms with van der Waals surface area (Å²) < 4.78 is 5.69. The van der Waals surface area contributed by atoms with E-state index in [1.165, 1.54) is 29.9 Å². The zero-order valence-electron chi connectivity index (χ0n) is 10.7. The first-order valence-corrected chi connectivity index (χ1v) is 7.53. The Kier molecular flexibility index (Phi) is 4.60. The number of rotatable bonds is 4. The van der Waals surface area contributed by atoms with Crippen LogP contribution in [-0.4, -0.2) is 24.2 Å². The normalized spacial score (nSPS) is 20.0. The van der Waals surface area contributed by atoms with Crippen molar-refractivity contribution >= 4 is 17.4 Å². The molecule has 1 fully saturated rings. The minimum Gasteiger partial charge on any atom is -0.492 e. The highest BCUT2D eigenvalue weighted by atomic mass is 32.2. The molecule has 1 aromatic rings. The van der Waals surface area contributed by atoms with E-state index in [4.69, 9.17) is 4.74 Å². The number of benzene rings is 1. The van der Waals surface area contributed by atoms with Crippen LogP contribution in [0.2, 0.25) is 0 Å². The van der Waals surface area contributed by atoms with Crippen molar-refractivity contribution < 1.29 is 4.74 Å². The highest BCUT2D eigenvalue weighted by Crippen LogP contribution is 2.29. The molecule has 0 bridgehead atoms. The molecule has 1 N–H and O–H groups in total. The van der Waals surface area contributed by atoms with E-state index in [2.05, 4.69) is 30.4 Å². The van der Waals surface area contributed by atoms with Crippen LogP contribution in [0, 0.1) is 6.92 Å². The van der Waals surface area contributed by atoms with Gasteiger partial charge in [0.15, 0.2) is 0 Å². The first kappa shape index (κ1) is 12.6. The maximum Gasteiger partial charge on any atom is 0.142 e. The van der Waals surface area contributed by atoms with Gasteiger partial charge in [0.05, 0.1) is 12.3 Å². The van der Waals surface area contributed by atoms with E-state index in [-0.39, 0.29) is 0 Å². The summed E-state index contributed by atoms with van der Waals surface area (Å²) in [4.78, 5) is 0. The second kappa shape index (κ2) is 6.20. The van der Waals surface area contributed by atoms with Gasteiger partial charge in [-0.05, 0) is 50.1 Å². The van der Waals surface area contributed by atoms with Crippen LogP contribution in [0.4, 0.5) is 5.69 Å². The minimum atomic E-state index is 0.593. The molecule has 2 rings (SSSR count). The maximum absolute atomic E-state index is 5.69. The Bertz CT molecular complexity index is 361. The fraction of sp³-hybridized carbons (Fsp3) is 0.571. The monoisotopic (exact) mass is 251 g/mol. The number of hydrogen-bond donors (Lipinski definition) is 1. The van der Waals surface area contributed by atoms with Crippen LogP contribution in [0.3, 0.4) is 0 Å². The van der Waals surface area contributed by atoms with E-state index < -0.39 is 0 Å². The Hall–Kier alpha value is -0.830. The van der Waals surface area contributed by atoms with E-state index >= 15 is 0 Å². The first-order valence-electron chi connectivity index (χ1n) is 6.37. The predicted octanol–water partition coefficient (Wildman–Crippen LogP) is 3.70. The Morgan fingerprint density at radius 1 is 1.47 bits per heavy atom. The molecule has 0 saturated carbocycles. The predicted molar refractivity (Wildman–Crippen MR) is 76.3 cm³/mol. The Balaban J connectivity index is 2.07. The number of hydrogen-bond acceptors (Lipinski definition) is 3. The van der Waals surface area contributed by atoms with Gasteiger partial charge in [0.25, 0.3) is 0 Å². The summed E-state index contributed by atoms with van der Waals surface area (Å²) in [5.74, 6) is 3.51. The molecule has 0 amide bonds. The molecule has 1 atom stereocenters. The summed E-state index contributed by atoms with van der Waals surface area (Å²) in [5, 5.41) is 3.62. The molecule has 1 aliphatic rings. The summed E-state index contributed by atoms with van der Waals surface area (Å²) in [6.07, 6.45) is 2.59. The van der Waals surface area contributed by atoms with Gasteiger partial charge in [-0.1, -0.05) is 6.07 Å². The SMILES string of the molecule is CCOc1cc(C)ccc1NC1CCCSC1. The van der Waals surface area contributed by atoms with E-state index in [9.17, 15) is 0 Å². The van der Waals surface area contributed by atoms with Gasteiger partial charge in [-0.2, -0.15) is 11.8 Å². The van der Waals surface area contributed by atoms with Crippen molar-refractivity contribution in [1.82, 2.24) is 0 Å². The van der Waals surface area contributed by atoms with Gasteiger partial charge in [0.2, 0.25) is 0 Å². The van der Waals surface area contributed by atoms with E-state index in [0.29, 0.717) is 6.04 Å². The molecule has 94 valence electrons. The number of thioether (sulfide) groups is 1. The van der Waals surface area contributed by atoms with E-state index in [1.807, 2.05) is 18.7 Å².